The van der Waals surface area contributed by atoms with Gasteiger partial charge >= 0.3 is 0 Å². The van der Waals surface area contributed by atoms with Gasteiger partial charge in [-0.1, -0.05) is 38.5 Å². The van der Waals surface area contributed by atoms with Gasteiger partial charge in [-0.2, -0.15) is 0 Å². The monoisotopic (exact) mass is 533 g/mol. The molecule has 1 aliphatic carbocycles. The maximum atomic E-state index is 5.43. The van der Waals surface area contributed by atoms with Crippen LogP contribution < -0.4 is 10.6 Å². The second kappa shape index (κ2) is 14.2. The van der Waals surface area contributed by atoms with Gasteiger partial charge in [0, 0.05) is 39.8 Å². The lowest BCUT2D eigenvalue weighted by Crippen LogP contribution is -2.44. The molecule has 1 aliphatic heterocycles. The molecule has 3 rings (SSSR count). The van der Waals surface area contributed by atoms with Gasteiger partial charge in [0.1, 0.15) is 12.4 Å². The average Bonchev–Trinajstić information content (AvgIpc) is 3.37. The minimum Gasteiger partial charge on any atom is -0.379 e. The summed E-state index contributed by atoms with van der Waals surface area (Å²) >= 11 is 0. The SMILES string of the molecule is Cc1nnc(CN=C(NCCCCC2CCCC2)NCCN2CCOCC2)n1C.I. The molecule has 8 nitrogen and oxygen atoms in total. The van der Waals surface area contributed by atoms with Gasteiger partial charge in [-0.05, 0) is 19.3 Å². The molecular weight excluding hydrogens is 493 g/mol. The lowest BCUT2D eigenvalue weighted by atomic mass is 10.0. The second-order valence-corrected chi connectivity index (χ2v) is 8.34. The van der Waals surface area contributed by atoms with Gasteiger partial charge < -0.3 is 19.9 Å². The van der Waals surface area contributed by atoms with Crippen LogP contribution in [0.2, 0.25) is 0 Å². The van der Waals surface area contributed by atoms with Crippen LogP contribution in [0.3, 0.4) is 0 Å². The van der Waals surface area contributed by atoms with E-state index in [4.69, 9.17) is 9.73 Å². The van der Waals surface area contributed by atoms with E-state index in [0.29, 0.717) is 6.54 Å². The largest absolute Gasteiger partial charge is 0.379 e. The fourth-order valence-electron chi connectivity index (χ4n) is 4.13. The number of aryl methyl sites for hydroxylation is 1. The van der Waals surface area contributed by atoms with E-state index >= 15 is 0 Å². The van der Waals surface area contributed by atoms with Crippen LogP contribution in [-0.2, 0) is 18.3 Å². The Morgan fingerprint density at radius 3 is 2.53 bits per heavy atom. The Bertz CT molecular complexity index is 625. The van der Waals surface area contributed by atoms with Crippen LogP contribution in [0.5, 0.6) is 0 Å². The molecule has 2 N–H and O–H groups in total. The summed E-state index contributed by atoms with van der Waals surface area (Å²) < 4.78 is 7.42. The van der Waals surface area contributed by atoms with Gasteiger partial charge in [0.15, 0.2) is 11.8 Å². The Kier molecular flexibility index (Phi) is 12.0. The van der Waals surface area contributed by atoms with E-state index in [1.807, 2.05) is 18.5 Å². The number of aromatic nitrogens is 3. The molecule has 0 amide bonds. The molecule has 1 aromatic heterocycles. The normalized spacial score (nSPS) is 18.4. The third-order valence-corrected chi connectivity index (χ3v) is 6.19. The first-order valence-electron chi connectivity index (χ1n) is 11.4. The predicted molar refractivity (Wildman–Crippen MR) is 131 cm³/mol. The number of nitrogens with one attached hydrogen (secondary N) is 2. The highest BCUT2D eigenvalue weighted by Gasteiger charge is 2.14. The minimum absolute atomic E-state index is 0. The third kappa shape index (κ3) is 8.66. The molecule has 0 atom stereocenters. The fourth-order valence-corrected chi connectivity index (χ4v) is 4.13. The van der Waals surface area contributed by atoms with Crippen LogP contribution in [0, 0.1) is 12.8 Å². The molecule has 1 saturated heterocycles. The molecule has 0 radical (unpaired) electrons. The van der Waals surface area contributed by atoms with Gasteiger partial charge in [-0.3, -0.25) is 4.90 Å². The summed E-state index contributed by atoms with van der Waals surface area (Å²) in [4.78, 5) is 7.19. The molecule has 1 aromatic rings. The topological polar surface area (TPSA) is 79.6 Å². The van der Waals surface area contributed by atoms with Gasteiger partial charge in [-0.15, -0.1) is 34.2 Å². The van der Waals surface area contributed by atoms with E-state index in [1.54, 1.807) is 0 Å². The Balaban J connectivity index is 0.00000320. The van der Waals surface area contributed by atoms with Crippen molar-refractivity contribution < 1.29 is 4.74 Å². The molecule has 0 aromatic carbocycles. The van der Waals surface area contributed by atoms with Crippen molar-refractivity contribution in [3.8, 4) is 0 Å². The Morgan fingerprint density at radius 2 is 1.83 bits per heavy atom. The quantitative estimate of drug-likeness (QED) is 0.208. The summed E-state index contributed by atoms with van der Waals surface area (Å²) in [7, 11) is 1.99. The lowest BCUT2D eigenvalue weighted by Gasteiger charge is -2.26. The number of guanidine groups is 1. The summed E-state index contributed by atoms with van der Waals surface area (Å²) in [5.41, 5.74) is 0. The van der Waals surface area contributed by atoms with Crippen LogP contribution >= 0.6 is 24.0 Å². The van der Waals surface area contributed by atoms with Crippen molar-refractivity contribution in [2.45, 2.75) is 58.4 Å². The molecule has 172 valence electrons. The van der Waals surface area contributed by atoms with Crippen molar-refractivity contribution in [1.29, 1.82) is 0 Å². The maximum Gasteiger partial charge on any atom is 0.191 e. The van der Waals surface area contributed by atoms with Gasteiger partial charge in [0.25, 0.3) is 0 Å². The van der Waals surface area contributed by atoms with Gasteiger partial charge in [-0.25, -0.2) is 4.99 Å². The van der Waals surface area contributed by atoms with Crippen molar-refractivity contribution in [3.63, 3.8) is 0 Å². The van der Waals surface area contributed by atoms with Crippen molar-refractivity contribution in [2.75, 3.05) is 45.9 Å². The number of hydrogen-bond donors (Lipinski definition) is 2. The van der Waals surface area contributed by atoms with Gasteiger partial charge in [0.2, 0.25) is 0 Å². The number of halogens is 1. The predicted octanol–water partition coefficient (Wildman–Crippen LogP) is 2.47. The van der Waals surface area contributed by atoms with Crippen molar-refractivity contribution in [1.82, 2.24) is 30.3 Å². The highest BCUT2D eigenvalue weighted by Crippen LogP contribution is 2.28. The van der Waals surface area contributed by atoms with E-state index in [0.717, 1.165) is 69.5 Å². The second-order valence-electron chi connectivity index (χ2n) is 8.34. The van der Waals surface area contributed by atoms with E-state index in [-0.39, 0.29) is 24.0 Å². The molecule has 2 heterocycles. The molecule has 30 heavy (non-hydrogen) atoms. The van der Waals surface area contributed by atoms with E-state index in [9.17, 15) is 0 Å². The first-order chi connectivity index (χ1) is 14.2. The smallest absolute Gasteiger partial charge is 0.191 e. The van der Waals surface area contributed by atoms with E-state index in [2.05, 4.69) is 25.7 Å². The highest BCUT2D eigenvalue weighted by molar-refractivity contribution is 14.0. The summed E-state index contributed by atoms with van der Waals surface area (Å²) in [6.45, 7) is 9.06. The first-order valence-corrected chi connectivity index (χ1v) is 11.4. The number of unbranched alkanes of at least 4 members (excludes halogenated alkanes) is 1. The molecule has 2 fully saturated rings. The number of morpholine rings is 1. The molecule has 2 aliphatic rings. The molecule has 1 saturated carbocycles. The Hall–Kier alpha value is -0.940. The number of ether oxygens (including phenoxy) is 1. The molecular formula is C21H40IN7O. The average molecular weight is 534 g/mol. The van der Waals surface area contributed by atoms with Crippen LogP contribution in [0.15, 0.2) is 4.99 Å². The highest BCUT2D eigenvalue weighted by atomic mass is 127. The molecule has 0 unspecified atom stereocenters. The van der Waals surface area contributed by atoms with Crippen LogP contribution in [0.4, 0.5) is 0 Å². The molecule has 0 bridgehead atoms. The number of rotatable bonds is 10. The maximum absolute atomic E-state index is 5.43. The lowest BCUT2D eigenvalue weighted by molar-refractivity contribution is 0.0389. The Labute approximate surface area is 198 Å². The zero-order valence-corrected chi connectivity index (χ0v) is 21.1. The van der Waals surface area contributed by atoms with E-state index < -0.39 is 0 Å². The van der Waals surface area contributed by atoms with Crippen molar-refractivity contribution >= 4 is 29.9 Å². The molecule has 9 heteroatoms. The van der Waals surface area contributed by atoms with E-state index in [1.165, 1.54) is 44.9 Å². The third-order valence-electron chi connectivity index (χ3n) is 6.19. The zero-order chi connectivity index (χ0) is 20.3. The Morgan fingerprint density at radius 1 is 1.10 bits per heavy atom. The number of hydrogen-bond acceptors (Lipinski definition) is 5. The van der Waals surface area contributed by atoms with Gasteiger partial charge in [0.05, 0.1) is 13.2 Å². The van der Waals surface area contributed by atoms with Crippen molar-refractivity contribution in [2.24, 2.45) is 18.0 Å². The zero-order valence-electron chi connectivity index (χ0n) is 18.7. The minimum atomic E-state index is 0. The number of aliphatic imine (C=N–C) groups is 1. The molecule has 0 spiro atoms. The first kappa shape index (κ1) is 25.3. The van der Waals surface area contributed by atoms with Crippen LogP contribution in [0.25, 0.3) is 0 Å². The van der Waals surface area contributed by atoms with Crippen molar-refractivity contribution in [3.05, 3.63) is 11.6 Å². The summed E-state index contributed by atoms with van der Waals surface area (Å²) in [5, 5.41) is 15.4. The fraction of sp³-hybridized carbons (Fsp3) is 0.857. The summed E-state index contributed by atoms with van der Waals surface area (Å²) in [6.07, 6.45) is 9.66. The van der Waals surface area contributed by atoms with Crippen LogP contribution in [0.1, 0.15) is 56.6 Å². The number of nitrogens with zero attached hydrogens (tertiary/aromatic N) is 5. The summed E-state index contributed by atoms with van der Waals surface area (Å²) in [6, 6.07) is 0. The standard InChI is InChI=1S/C21H39N7O.HI/c1-18-25-26-20(27(18)2)17-24-21(23-11-12-28-13-15-29-16-14-28)22-10-6-5-9-19-7-3-4-8-19;/h19H,3-17H2,1-2H3,(H2,22,23,24);1H. The summed E-state index contributed by atoms with van der Waals surface area (Å²) in [5.74, 6) is 3.66. The van der Waals surface area contributed by atoms with Crippen LogP contribution in [-0.4, -0.2) is 71.6 Å².